The van der Waals surface area contributed by atoms with Crippen LogP contribution in [0.5, 0.6) is 0 Å². The zero-order valence-electron chi connectivity index (χ0n) is 7.74. The standard InChI is InChI=1S/C11H8F2N2/c12-9-3-1-7(2-4-9)8-5-10(13)11(14)15-6-8/h1-6H,(H2,14,15). The first-order valence-electron chi connectivity index (χ1n) is 4.34. The van der Waals surface area contributed by atoms with Crippen LogP contribution in [-0.4, -0.2) is 4.98 Å². The van der Waals surface area contributed by atoms with Gasteiger partial charge in [-0.3, -0.25) is 0 Å². The van der Waals surface area contributed by atoms with Crippen molar-refractivity contribution >= 4 is 5.82 Å². The summed E-state index contributed by atoms with van der Waals surface area (Å²) >= 11 is 0. The molecule has 0 amide bonds. The molecule has 2 aromatic rings. The Morgan fingerprint density at radius 2 is 1.67 bits per heavy atom. The number of pyridine rings is 1. The lowest BCUT2D eigenvalue weighted by atomic mass is 10.1. The second kappa shape index (κ2) is 3.65. The molecule has 1 heterocycles. The number of aromatic nitrogens is 1. The molecule has 0 fully saturated rings. The summed E-state index contributed by atoms with van der Waals surface area (Å²) in [6.07, 6.45) is 1.45. The minimum absolute atomic E-state index is 0.138. The minimum atomic E-state index is -0.572. The van der Waals surface area contributed by atoms with Crippen molar-refractivity contribution in [3.05, 3.63) is 48.2 Å². The molecule has 0 atom stereocenters. The summed E-state index contributed by atoms with van der Waals surface area (Å²) in [5.74, 6) is -1.04. The van der Waals surface area contributed by atoms with Gasteiger partial charge in [0.05, 0.1) is 0 Å². The molecular formula is C11H8F2N2. The number of hydrogen-bond acceptors (Lipinski definition) is 2. The van der Waals surface area contributed by atoms with Crippen molar-refractivity contribution in [2.24, 2.45) is 0 Å². The van der Waals surface area contributed by atoms with Crippen LogP contribution in [0.15, 0.2) is 36.5 Å². The van der Waals surface area contributed by atoms with Crippen molar-refractivity contribution in [1.29, 1.82) is 0 Å². The van der Waals surface area contributed by atoms with Crippen LogP contribution in [0.2, 0.25) is 0 Å². The highest BCUT2D eigenvalue weighted by Gasteiger charge is 2.03. The van der Waals surface area contributed by atoms with Gasteiger partial charge in [-0.25, -0.2) is 13.8 Å². The maximum atomic E-state index is 13.1. The van der Waals surface area contributed by atoms with E-state index in [9.17, 15) is 8.78 Å². The molecule has 4 heteroatoms. The van der Waals surface area contributed by atoms with Gasteiger partial charge in [-0.1, -0.05) is 12.1 Å². The number of hydrogen-bond donors (Lipinski definition) is 1. The van der Waals surface area contributed by atoms with E-state index in [1.807, 2.05) is 0 Å². The Labute approximate surface area is 85.4 Å². The Hall–Kier alpha value is -1.97. The number of halogens is 2. The van der Waals surface area contributed by atoms with Crippen LogP contribution in [0.1, 0.15) is 0 Å². The van der Waals surface area contributed by atoms with E-state index in [2.05, 4.69) is 4.98 Å². The van der Waals surface area contributed by atoms with Crippen LogP contribution in [0.25, 0.3) is 11.1 Å². The van der Waals surface area contributed by atoms with Crippen molar-refractivity contribution in [2.75, 3.05) is 5.73 Å². The zero-order valence-corrected chi connectivity index (χ0v) is 7.74. The predicted molar refractivity (Wildman–Crippen MR) is 54.0 cm³/mol. The molecule has 2 nitrogen and oxygen atoms in total. The quantitative estimate of drug-likeness (QED) is 0.778. The number of nitrogens with two attached hydrogens (primary N) is 1. The maximum absolute atomic E-state index is 13.1. The molecule has 0 unspecified atom stereocenters. The summed E-state index contributed by atoms with van der Waals surface area (Å²) in [6.45, 7) is 0. The molecule has 1 aromatic carbocycles. The van der Waals surface area contributed by atoms with Gasteiger partial charge >= 0.3 is 0 Å². The number of benzene rings is 1. The Balaban J connectivity index is 2.45. The predicted octanol–water partition coefficient (Wildman–Crippen LogP) is 2.61. The van der Waals surface area contributed by atoms with Gasteiger partial charge in [0.1, 0.15) is 5.82 Å². The summed E-state index contributed by atoms with van der Waals surface area (Å²) in [4.78, 5) is 3.69. The fourth-order valence-corrected chi connectivity index (χ4v) is 1.25. The molecule has 2 N–H and O–H groups in total. The van der Waals surface area contributed by atoms with E-state index >= 15 is 0 Å². The lowest BCUT2D eigenvalue weighted by Crippen LogP contribution is -1.94. The molecule has 2 rings (SSSR count). The van der Waals surface area contributed by atoms with Crippen LogP contribution in [-0.2, 0) is 0 Å². The molecule has 0 aliphatic heterocycles. The number of nitrogen functional groups attached to an aromatic ring is 1. The van der Waals surface area contributed by atoms with Gasteiger partial charge in [0.2, 0.25) is 0 Å². The van der Waals surface area contributed by atoms with Crippen LogP contribution in [0, 0.1) is 11.6 Å². The largest absolute Gasteiger partial charge is 0.381 e. The summed E-state index contributed by atoms with van der Waals surface area (Å²) in [5, 5.41) is 0. The highest BCUT2D eigenvalue weighted by atomic mass is 19.1. The molecule has 15 heavy (non-hydrogen) atoms. The lowest BCUT2D eigenvalue weighted by Gasteiger charge is -2.02. The number of nitrogens with zero attached hydrogens (tertiary/aromatic N) is 1. The van der Waals surface area contributed by atoms with Crippen molar-refractivity contribution in [2.45, 2.75) is 0 Å². The van der Waals surface area contributed by atoms with Crippen molar-refractivity contribution in [1.82, 2.24) is 4.98 Å². The van der Waals surface area contributed by atoms with E-state index in [4.69, 9.17) is 5.73 Å². The van der Waals surface area contributed by atoms with E-state index in [1.165, 1.54) is 24.4 Å². The van der Waals surface area contributed by atoms with E-state index in [-0.39, 0.29) is 11.6 Å². The van der Waals surface area contributed by atoms with E-state index < -0.39 is 5.82 Å². The van der Waals surface area contributed by atoms with Gasteiger partial charge in [-0.2, -0.15) is 0 Å². The third kappa shape index (κ3) is 1.93. The van der Waals surface area contributed by atoms with Crippen LogP contribution in [0.4, 0.5) is 14.6 Å². The number of anilines is 1. The Morgan fingerprint density at radius 1 is 1.00 bits per heavy atom. The summed E-state index contributed by atoms with van der Waals surface area (Å²) in [6, 6.07) is 7.01. The Morgan fingerprint density at radius 3 is 2.27 bits per heavy atom. The topological polar surface area (TPSA) is 38.9 Å². The highest BCUT2D eigenvalue weighted by molar-refractivity contribution is 5.63. The first kappa shape index (κ1) is 9.58. The molecule has 0 aliphatic carbocycles. The third-order valence-electron chi connectivity index (χ3n) is 2.05. The molecule has 0 aliphatic rings. The van der Waals surface area contributed by atoms with Gasteiger partial charge in [0.15, 0.2) is 11.6 Å². The van der Waals surface area contributed by atoms with Gasteiger partial charge in [0, 0.05) is 11.8 Å². The summed E-state index contributed by atoms with van der Waals surface area (Å²) in [5.41, 5.74) is 6.51. The molecular weight excluding hydrogens is 198 g/mol. The maximum Gasteiger partial charge on any atom is 0.165 e. The lowest BCUT2D eigenvalue weighted by molar-refractivity contribution is 0.627. The third-order valence-corrected chi connectivity index (χ3v) is 2.05. The molecule has 0 spiro atoms. The Bertz CT molecular complexity index is 480. The second-order valence-electron chi connectivity index (χ2n) is 3.10. The van der Waals surface area contributed by atoms with Crippen molar-refractivity contribution in [3.8, 4) is 11.1 Å². The molecule has 0 radical (unpaired) electrons. The minimum Gasteiger partial charge on any atom is -0.381 e. The van der Waals surface area contributed by atoms with E-state index in [0.717, 1.165) is 0 Å². The molecule has 0 saturated carbocycles. The van der Waals surface area contributed by atoms with Crippen LogP contribution < -0.4 is 5.73 Å². The van der Waals surface area contributed by atoms with Crippen molar-refractivity contribution in [3.63, 3.8) is 0 Å². The second-order valence-corrected chi connectivity index (χ2v) is 3.10. The molecule has 1 aromatic heterocycles. The van der Waals surface area contributed by atoms with Gasteiger partial charge < -0.3 is 5.73 Å². The fourth-order valence-electron chi connectivity index (χ4n) is 1.25. The van der Waals surface area contributed by atoms with Gasteiger partial charge in [0.25, 0.3) is 0 Å². The smallest absolute Gasteiger partial charge is 0.165 e. The summed E-state index contributed by atoms with van der Waals surface area (Å²) < 4.78 is 25.7. The molecule has 0 saturated heterocycles. The first-order valence-corrected chi connectivity index (χ1v) is 4.34. The molecule has 0 bridgehead atoms. The van der Waals surface area contributed by atoms with E-state index in [1.54, 1.807) is 12.1 Å². The van der Waals surface area contributed by atoms with Gasteiger partial charge in [-0.15, -0.1) is 0 Å². The first-order chi connectivity index (χ1) is 7.16. The van der Waals surface area contributed by atoms with Crippen LogP contribution >= 0.6 is 0 Å². The normalized spacial score (nSPS) is 10.3. The zero-order chi connectivity index (χ0) is 10.8. The molecule has 76 valence electrons. The van der Waals surface area contributed by atoms with Crippen LogP contribution in [0.3, 0.4) is 0 Å². The highest BCUT2D eigenvalue weighted by Crippen LogP contribution is 2.21. The number of rotatable bonds is 1. The Kier molecular flexibility index (Phi) is 2.33. The fraction of sp³-hybridized carbons (Fsp3) is 0. The van der Waals surface area contributed by atoms with Crippen molar-refractivity contribution < 1.29 is 8.78 Å². The average Bonchev–Trinajstić information content (AvgIpc) is 2.23. The van der Waals surface area contributed by atoms with Gasteiger partial charge in [-0.05, 0) is 23.8 Å². The van der Waals surface area contributed by atoms with E-state index in [0.29, 0.717) is 11.1 Å². The average molecular weight is 206 g/mol. The monoisotopic (exact) mass is 206 g/mol. The summed E-state index contributed by atoms with van der Waals surface area (Å²) in [7, 11) is 0. The SMILES string of the molecule is Nc1ncc(-c2ccc(F)cc2)cc1F.